The zero-order chi connectivity index (χ0) is 12.3. The maximum absolute atomic E-state index is 4.66. The van der Waals surface area contributed by atoms with Crippen LogP contribution in [0.5, 0.6) is 0 Å². The van der Waals surface area contributed by atoms with Gasteiger partial charge in [0.1, 0.15) is 5.82 Å². The fourth-order valence-corrected chi connectivity index (χ4v) is 2.18. The van der Waals surface area contributed by atoms with Gasteiger partial charge in [-0.05, 0) is 37.2 Å². The van der Waals surface area contributed by atoms with Crippen molar-refractivity contribution in [3.63, 3.8) is 0 Å². The molecule has 2 rings (SSSR count). The minimum atomic E-state index is 0.984. The molecule has 0 aliphatic carbocycles. The van der Waals surface area contributed by atoms with Gasteiger partial charge in [-0.25, -0.2) is 4.98 Å². The lowest BCUT2D eigenvalue weighted by molar-refractivity contribution is 0.717. The van der Waals surface area contributed by atoms with Crippen molar-refractivity contribution < 1.29 is 0 Å². The Labute approximate surface area is 103 Å². The van der Waals surface area contributed by atoms with E-state index in [-0.39, 0.29) is 0 Å². The standard InChI is InChI=1S/C14H21N3/c1-4-14-16-12-10-11(8-9-15-5-2)6-7-13(12)17(14)3/h6-7,10,15H,4-5,8-9H2,1-3H3. The van der Waals surface area contributed by atoms with E-state index in [0.717, 1.165) is 37.3 Å². The molecule has 3 heteroatoms. The molecule has 1 heterocycles. The molecule has 0 unspecified atom stereocenters. The third-order valence-electron chi connectivity index (χ3n) is 3.19. The van der Waals surface area contributed by atoms with Crippen LogP contribution in [0, 0.1) is 0 Å². The van der Waals surface area contributed by atoms with Crippen LogP contribution in [-0.2, 0) is 19.9 Å². The van der Waals surface area contributed by atoms with E-state index in [0.29, 0.717) is 0 Å². The summed E-state index contributed by atoms with van der Waals surface area (Å²) < 4.78 is 2.18. The van der Waals surface area contributed by atoms with Gasteiger partial charge in [0.05, 0.1) is 11.0 Å². The van der Waals surface area contributed by atoms with Crippen molar-refractivity contribution in [3.8, 4) is 0 Å². The Morgan fingerprint density at radius 2 is 2.12 bits per heavy atom. The molecule has 0 radical (unpaired) electrons. The summed E-state index contributed by atoms with van der Waals surface area (Å²) in [5.41, 5.74) is 3.71. The lowest BCUT2D eigenvalue weighted by Crippen LogP contribution is -2.15. The first-order valence-electron chi connectivity index (χ1n) is 6.41. The summed E-state index contributed by atoms with van der Waals surface area (Å²) in [6, 6.07) is 6.61. The number of fused-ring (bicyclic) bond motifs is 1. The molecule has 0 saturated heterocycles. The Kier molecular flexibility index (Phi) is 3.79. The predicted octanol–water partition coefficient (Wildman–Crippen LogP) is 2.29. The van der Waals surface area contributed by atoms with E-state index < -0.39 is 0 Å². The Morgan fingerprint density at radius 1 is 1.29 bits per heavy atom. The Morgan fingerprint density at radius 3 is 2.82 bits per heavy atom. The summed E-state index contributed by atoms with van der Waals surface area (Å²) in [4.78, 5) is 4.66. The molecule has 2 aromatic rings. The summed E-state index contributed by atoms with van der Waals surface area (Å²) >= 11 is 0. The van der Waals surface area contributed by atoms with Crippen LogP contribution in [0.3, 0.4) is 0 Å². The molecule has 0 bridgehead atoms. The SMILES string of the molecule is CCNCCc1ccc2c(c1)nc(CC)n2C. The van der Waals surface area contributed by atoms with E-state index in [9.17, 15) is 0 Å². The van der Waals surface area contributed by atoms with Gasteiger partial charge in [-0.2, -0.15) is 0 Å². The van der Waals surface area contributed by atoms with Crippen LogP contribution in [0.4, 0.5) is 0 Å². The van der Waals surface area contributed by atoms with E-state index in [2.05, 4.69) is 54.0 Å². The number of benzene rings is 1. The highest BCUT2D eigenvalue weighted by Crippen LogP contribution is 2.17. The van der Waals surface area contributed by atoms with Gasteiger partial charge in [-0.1, -0.05) is 19.9 Å². The summed E-state index contributed by atoms with van der Waals surface area (Å²) in [6.45, 7) is 6.35. The van der Waals surface area contributed by atoms with Gasteiger partial charge in [-0.15, -0.1) is 0 Å². The Bertz CT molecular complexity index is 499. The van der Waals surface area contributed by atoms with Crippen molar-refractivity contribution in [1.29, 1.82) is 0 Å². The number of aryl methyl sites for hydroxylation is 2. The third kappa shape index (κ3) is 2.50. The zero-order valence-electron chi connectivity index (χ0n) is 11.0. The number of imidazole rings is 1. The average molecular weight is 231 g/mol. The number of aromatic nitrogens is 2. The summed E-state index contributed by atoms with van der Waals surface area (Å²) in [7, 11) is 2.09. The normalized spacial score (nSPS) is 11.2. The van der Waals surface area contributed by atoms with Gasteiger partial charge in [0.25, 0.3) is 0 Å². The first-order valence-corrected chi connectivity index (χ1v) is 6.41. The molecule has 0 amide bonds. The van der Waals surface area contributed by atoms with Crippen LogP contribution < -0.4 is 5.32 Å². The van der Waals surface area contributed by atoms with Crippen molar-refractivity contribution in [2.24, 2.45) is 7.05 Å². The largest absolute Gasteiger partial charge is 0.331 e. The smallest absolute Gasteiger partial charge is 0.109 e. The van der Waals surface area contributed by atoms with Gasteiger partial charge >= 0.3 is 0 Å². The number of nitrogens with one attached hydrogen (secondary N) is 1. The van der Waals surface area contributed by atoms with Gasteiger partial charge in [0, 0.05) is 13.5 Å². The maximum atomic E-state index is 4.66. The maximum Gasteiger partial charge on any atom is 0.109 e. The van der Waals surface area contributed by atoms with Gasteiger partial charge < -0.3 is 9.88 Å². The molecule has 3 nitrogen and oxygen atoms in total. The minimum Gasteiger partial charge on any atom is -0.331 e. The van der Waals surface area contributed by atoms with E-state index in [1.807, 2.05) is 0 Å². The van der Waals surface area contributed by atoms with Crippen molar-refractivity contribution in [2.75, 3.05) is 13.1 Å². The zero-order valence-corrected chi connectivity index (χ0v) is 11.0. The van der Waals surface area contributed by atoms with Crippen LogP contribution in [0.2, 0.25) is 0 Å². The average Bonchev–Trinajstić information content (AvgIpc) is 2.66. The van der Waals surface area contributed by atoms with Crippen LogP contribution in [0.15, 0.2) is 18.2 Å². The molecular formula is C14H21N3. The number of rotatable bonds is 5. The Balaban J connectivity index is 2.25. The molecular weight excluding hydrogens is 210 g/mol. The first-order chi connectivity index (χ1) is 8.26. The van der Waals surface area contributed by atoms with Gasteiger partial charge in [0.2, 0.25) is 0 Å². The molecule has 0 aliphatic heterocycles. The third-order valence-corrected chi connectivity index (χ3v) is 3.19. The summed E-state index contributed by atoms with van der Waals surface area (Å²) in [6.07, 6.45) is 2.06. The van der Waals surface area contributed by atoms with Gasteiger partial charge in [0.15, 0.2) is 0 Å². The van der Waals surface area contributed by atoms with Crippen molar-refractivity contribution >= 4 is 11.0 Å². The lowest BCUT2D eigenvalue weighted by Gasteiger charge is -2.02. The van der Waals surface area contributed by atoms with Crippen LogP contribution >= 0.6 is 0 Å². The summed E-state index contributed by atoms with van der Waals surface area (Å²) in [5.74, 6) is 1.16. The second-order valence-electron chi connectivity index (χ2n) is 4.37. The molecule has 1 aromatic heterocycles. The molecule has 0 spiro atoms. The predicted molar refractivity (Wildman–Crippen MR) is 72.3 cm³/mol. The molecule has 0 aliphatic rings. The van der Waals surface area contributed by atoms with Gasteiger partial charge in [-0.3, -0.25) is 0 Å². The molecule has 0 saturated carbocycles. The second kappa shape index (κ2) is 5.32. The number of nitrogens with zero attached hydrogens (tertiary/aromatic N) is 2. The van der Waals surface area contributed by atoms with Crippen molar-refractivity contribution in [2.45, 2.75) is 26.7 Å². The highest BCUT2D eigenvalue weighted by atomic mass is 15.1. The fourth-order valence-electron chi connectivity index (χ4n) is 2.18. The fraction of sp³-hybridized carbons (Fsp3) is 0.500. The van der Waals surface area contributed by atoms with Crippen molar-refractivity contribution in [3.05, 3.63) is 29.6 Å². The first kappa shape index (κ1) is 12.1. The molecule has 17 heavy (non-hydrogen) atoms. The van der Waals surface area contributed by atoms with Crippen LogP contribution in [-0.4, -0.2) is 22.6 Å². The molecule has 92 valence electrons. The van der Waals surface area contributed by atoms with E-state index in [1.165, 1.54) is 11.1 Å². The second-order valence-corrected chi connectivity index (χ2v) is 4.37. The Hall–Kier alpha value is -1.35. The number of hydrogen-bond donors (Lipinski definition) is 1. The van der Waals surface area contributed by atoms with Crippen LogP contribution in [0.25, 0.3) is 11.0 Å². The lowest BCUT2D eigenvalue weighted by atomic mass is 10.1. The van der Waals surface area contributed by atoms with Crippen molar-refractivity contribution in [1.82, 2.24) is 14.9 Å². The van der Waals surface area contributed by atoms with E-state index in [1.54, 1.807) is 0 Å². The minimum absolute atomic E-state index is 0.984. The molecule has 0 fully saturated rings. The monoisotopic (exact) mass is 231 g/mol. The quantitative estimate of drug-likeness (QED) is 0.800. The van der Waals surface area contributed by atoms with E-state index in [4.69, 9.17) is 0 Å². The topological polar surface area (TPSA) is 29.9 Å². The number of likely N-dealkylation sites (N-methyl/N-ethyl adjacent to an activating group) is 1. The highest BCUT2D eigenvalue weighted by Gasteiger charge is 2.06. The molecule has 0 atom stereocenters. The van der Waals surface area contributed by atoms with Crippen LogP contribution in [0.1, 0.15) is 25.2 Å². The molecule has 1 aromatic carbocycles. The summed E-state index contributed by atoms with van der Waals surface area (Å²) in [5, 5.41) is 3.35. The molecule has 1 N–H and O–H groups in total. The number of hydrogen-bond acceptors (Lipinski definition) is 2. The van der Waals surface area contributed by atoms with E-state index >= 15 is 0 Å². The highest BCUT2D eigenvalue weighted by molar-refractivity contribution is 5.76.